The van der Waals surface area contributed by atoms with E-state index in [4.69, 9.17) is 10.5 Å². The zero-order chi connectivity index (χ0) is 10.7. The Labute approximate surface area is 102 Å². The number of aromatic nitrogens is 2. The number of imidazole rings is 1. The van der Waals surface area contributed by atoms with Gasteiger partial charge in [0, 0.05) is 39.1 Å². The molecule has 0 aromatic carbocycles. The summed E-state index contributed by atoms with van der Waals surface area (Å²) in [5.74, 6) is 1.09. The van der Waals surface area contributed by atoms with E-state index in [1.54, 1.807) is 0 Å². The van der Waals surface area contributed by atoms with Crippen LogP contribution in [0.25, 0.3) is 0 Å². The van der Waals surface area contributed by atoms with Gasteiger partial charge in [-0.25, -0.2) is 4.98 Å². The van der Waals surface area contributed by atoms with Crippen LogP contribution in [-0.2, 0) is 18.3 Å². The Bertz CT molecular complexity index is 318. The van der Waals surface area contributed by atoms with Gasteiger partial charge in [0.05, 0.1) is 19.3 Å². The Morgan fingerprint density at radius 3 is 3.06 bits per heavy atom. The van der Waals surface area contributed by atoms with E-state index in [-0.39, 0.29) is 18.5 Å². The summed E-state index contributed by atoms with van der Waals surface area (Å²) in [7, 11) is 2.02. The largest absolute Gasteiger partial charge is 0.374 e. The molecule has 1 aromatic heterocycles. The summed E-state index contributed by atoms with van der Waals surface area (Å²) in [5, 5.41) is 0. The van der Waals surface area contributed by atoms with E-state index >= 15 is 0 Å². The van der Waals surface area contributed by atoms with E-state index in [0.29, 0.717) is 6.54 Å². The van der Waals surface area contributed by atoms with Crippen molar-refractivity contribution in [2.45, 2.75) is 12.6 Å². The fraction of sp³-hybridized carbons (Fsp3) is 0.700. The Morgan fingerprint density at radius 1 is 1.62 bits per heavy atom. The first kappa shape index (κ1) is 13.4. The molecular weight excluding hydrogens is 228 g/mol. The molecule has 2 heterocycles. The first-order chi connectivity index (χ1) is 7.29. The zero-order valence-electron chi connectivity index (χ0n) is 9.50. The highest BCUT2D eigenvalue weighted by Gasteiger charge is 2.19. The molecule has 0 aliphatic carbocycles. The summed E-state index contributed by atoms with van der Waals surface area (Å²) in [6.07, 6.45) is 3.98. The number of rotatable bonds is 3. The van der Waals surface area contributed by atoms with Crippen molar-refractivity contribution in [1.82, 2.24) is 14.5 Å². The number of halogens is 1. The van der Waals surface area contributed by atoms with Gasteiger partial charge in [-0.3, -0.25) is 4.90 Å². The molecule has 1 fully saturated rings. The molecule has 0 radical (unpaired) electrons. The predicted molar refractivity (Wildman–Crippen MR) is 64.5 cm³/mol. The lowest BCUT2D eigenvalue weighted by Gasteiger charge is -2.31. The van der Waals surface area contributed by atoms with Crippen molar-refractivity contribution < 1.29 is 4.74 Å². The number of aryl methyl sites for hydroxylation is 1. The maximum absolute atomic E-state index is 5.60. The van der Waals surface area contributed by atoms with Crippen molar-refractivity contribution >= 4 is 12.4 Å². The molecule has 1 aromatic rings. The highest BCUT2D eigenvalue weighted by molar-refractivity contribution is 5.85. The molecule has 0 spiro atoms. The van der Waals surface area contributed by atoms with Crippen LogP contribution in [0, 0.1) is 0 Å². The Morgan fingerprint density at radius 2 is 2.44 bits per heavy atom. The summed E-state index contributed by atoms with van der Waals surface area (Å²) in [6, 6.07) is 0. The molecule has 2 N–H and O–H groups in total. The smallest absolute Gasteiger partial charge is 0.122 e. The lowest BCUT2D eigenvalue weighted by Crippen LogP contribution is -2.45. The maximum atomic E-state index is 5.60. The van der Waals surface area contributed by atoms with Crippen LogP contribution in [0.2, 0.25) is 0 Å². The summed E-state index contributed by atoms with van der Waals surface area (Å²) in [4.78, 5) is 6.65. The Hall–Kier alpha value is -0.620. The molecule has 5 nitrogen and oxygen atoms in total. The fourth-order valence-electron chi connectivity index (χ4n) is 1.82. The minimum absolute atomic E-state index is 0. The van der Waals surface area contributed by atoms with E-state index in [2.05, 4.69) is 9.88 Å². The van der Waals surface area contributed by atoms with Crippen molar-refractivity contribution in [3.05, 3.63) is 18.2 Å². The van der Waals surface area contributed by atoms with Gasteiger partial charge in [0.25, 0.3) is 0 Å². The number of nitrogens with zero attached hydrogens (tertiary/aromatic N) is 3. The van der Waals surface area contributed by atoms with Gasteiger partial charge in [0.1, 0.15) is 5.82 Å². The van der Waals surface area contributed by atoms with Gasteiger partial charge in [0.15, 0.2) is 0 Å². The summed E-state index contributed by atoms with van der Waals surface area (Å²) < 4.78 is 7.56. The average Bonchev–Trinajstić information content (AvgIpc) is 2.65. The van der Waals surface area contributed by atoms with Gasteiger partial charge in [-0.2, -0.15) is 0 Å². The van der Waals surface area contributed by atoms with Crippen LogP contribution < -0.4 is 5.73 Å². The third kappa shape index (κ3) is 3.18. The molecule has 16 heavy (non-hydrogen) atoms. The molecule has 0 bridgehead atoms. The highest BCUT2D eigenvalue weighted by Crippen LogP contribution is 2.08. The third-order valence-corrected chi connectivity index (χ3v) is 2.77. The lowest BCUT2D eigenvalue weighted by molar-refractivity contribution is -0.0270. The van der Waals surface area contributed by atoms with Crippen molar-refractivity contribution in [2.24, 2.45) is 12.8 Å². The topological polar surface area (TPSA) is 56.3 Å². The second kappa shape index (κ2) is 6.20. The van der Waals surface area contributed by atoms with Crippen molar-refractivity contribution in [3.63, 3.8) is 0 Å². The SMILES string of the molecule is Cl.Cn1ccnc1CN1CCOC(CN)C1. The molecule has 0 amide bonds. The van der Waals surface area contributed by atoms with Crippen molar-refractivity contribution in [3.8, 4) is 0 Å². The molecule has 0 saturated carbocycles. The molecule has 1 atom stereocenters. The van der Waals surface area contributed by atoms with Gasteiger partial charge in [-0.15, -0.1) is 12.4 Å². The van der Waals surface area contributed by atoms with E-state index in [1.165, 1.54) is 0 Å². The fourth-order valence-corrected chi connectivity index (χ4v) is 1.82. The molecule has 6 heteroatoms. The zero-order valence-corrected chi connectivity index (χ0v) is 10.3. The van der Waals surface area contributed by atoms with E-state index < -0.39 is 0 Å². The van der Waals surface area contributed by atoms with E-state index in [9.17, 15) is 0 Å². The van der Waals surface area contributed by atoms with Crippen molar-refractivity contribution in [2.75, 3.05) is 26.2 Å². The highest BCUT2D eigenvalue weighted by atomic mass is 35.5. The van der Waals surface area contributed by atoms with Gasteiger partial charge in [0.2, 0.25) is 0 Å². The molecule has 1 aliphatic heterocycles. The second-order valence-corrected chi connectivity index (χ2v) is 3.92. The van der Waals surface area contributed by atoms with Gasteiger partial charge in [-0.1, -0.05) is 0 Å². The third-order valence-electron chi connectivity index (χ3n) is 2.77. The van der Waals surface area contributed by atoms with Crippen LogP contribution in [0.1, 0.15) is 5.82 Å². The summed E-state index contributed by atoms with van der Waals surface area (Å²) in [5.41, 5.74) is 5.60. The quantitative estimate of drug-likeness (QED) is 0.816. The van der Waals surface area contributed by atoms with Crippen LogP contribution in [0.5, 0.6) is 0 Å². The predicted octanol–water partition coefficient (Wildman–Crippen LogP) is 0.00140. The van der Waals surface area contributed by atoms with Crippen LogP contribution in [0.3, 0.4) is 0 Å². The Kier molecular flexibility index (Phi) is 5.21. The van der Waals surface area contributed by atoms with Crippen LogP contribution >= 0.6 is 12.4 Å². The Balaban J connectivity index is 0.00000128. The van der Waals surface area contributed by atoms with E-state index in [0.717, 1.165) is 32.1 Å². The number of hydrogen-bond acceptors (Lipinski definition) is 4. The van der Waals surface area contributed by atoms with Gasteiger partial charge in [-0.05, 0) is 0 Å². The lowest BCUT2D eigenvalue weighted by atomic mass is 10.2. The van der Waals surface area contributed by atoms with E-state index in [1.807, 2.05) is 24.0 Å². The van der Waals surface area contributed by atoms with Gasteiger partial charge < -0.3 is 15.0 Å². The number of ether oxygens (including phenoxy) is 1. The van der Waals surface area contributed by atoms with Crippen LogP contribution in [0.15, 0.2) is 12.4 Å². The molecule has 1 aliphatic rings. The molecule has 2 rings (SSSR count). The minimum Gasteiger partial charge on any atom is -0.374 e. The molecular formula is C10H19ClN4O. The van der Waals surface area contributed by atoms with Crippen LogP contribution in [0.4, 0.5) is 0 Å². The summed E-state index contributed by atoms with van der Waals surface area (Å²) in [6.45, 7) is 4.11. The molecule has 1 saturated heterocycles. The average molecular weight is 247 g/mol. The van der Waals surface area contributed by atoms with Gasteiger partial charge >= 0.3 is 0 Å². The van der Waals surface area contributed by atoms with Crippen molar-refractivity contribution in [1.29, 1.82) is 0 Å². The molecule has 92 valence electrons. The minimum atomic E-state index is 0. The van der Waals surface area contributed by atoms with Crippen LogP contribution in [-0.4, -0.2) is 46.8 Å². The second-order valence-electron chi connectivity index (χ2n) is 3.92. The first-order valence-corrected chi connectivity index (χ1v) is 5.30. The maximum Gasteiger partial charge on any atom is 0.122 e. The standard InChI is InChI=1S/C10H18N4O.ClH/c1-13-3-2-12-10(13)8-14-4-5-15-9(6-11)7-14;/h2-3,9H,4-8,11H2,1H3;1H. The molecule has 1 unspecified atom stereocenters. The number of morpholine rings is 1. The monoisotopic (exact) mass is 246 g/mol. The first-order valence-electron chi connectivity index (χ1n) is 5.30. The number of nitrogens with two attached hydrogens (primary N) is 1. The number of hydrogen-bond donors (Lipinski definition) is 1. The normalized spacial score (nSPS) is 21.8. The summed E-state index contributed by atoms with van der Waals surface area (Å²) >= 11 is 0.